The van der Waals surface area contributed by atoms with Crippen LogP contribution in [0.4, 0.5) is 22.0 Å². The molecule has 1 atom stereocenters. The first-order valence-electron chi connectivity index (χ1n) is 5.28. The summed E-state index contributed by atoms with van der Waals surface area (Å²) in [5.74, 6) is -6.30. The number of benzene rings is 2. The Bertz CT molecular complexity index is 617. The fraction of sp³-hybridized carbons (Fsp3) is 0.0769. The molecule has 0 saturated carbocycles. The highest BCUT2D eigenvalue weighted by atomic mass is 35.5. The maximum Gasteiger partial charge on any atom is 0.161 e. The number of hydrogen-bond acceptors (Lipinski definition) is 1. The minimum atomic E-state index is -2.00. The quantitative estimate of drug-likeness (QED) is 0.653. The highest BCUT2D eigenvalue weighted by Gasteiger charge is 2.22. The average molecular weight is 309 g/mol. The lowest BCUT2D eigenvalue weighted by Crippen LogP contribution is -2.07. The topological polar surface area (TPSA) is 20.2 Å². The fourth-order valence-electron chi connectivity index (χ4n) is 1.66. The van der Waals surface area contributed by atoms with Crippen LogP contribution in [0.1, 0.15) is 17.2 Å². The highest BCUT2D eigenvalue weighted by molar-refractivity contribution is 6.30. The summed E-state index contributed by atoms with van der Waals surface area (Å²) in [6, 6.07) is 1.73. The summed E-state index contributed by atoms with van der Waals surface area (Å²) in [6.45, 7) is 0. The first-order valence-corrected chi connectivity index (χ1v) is 5.66. The highest BCUT2D eigenvalue weighted by Crippen LogP contribution is 2.30. The molecule has 1 unspecified atom stereocenters. The summed E-state index contributed by atoms with van der Waals surface area (Å²) in [5, 5.41) is 9.28. The molecule has 1 nitrogen and oxygen atoms in total. The number of aliphatic hydroxyl groups excluding tert-OH is 1. The largest absolute Gasteiger partial charge is 0.383 e. The Morgan fingerprint density at radius 3 is 1.75 bits per heavy atom. The number of halogens is 6. The van der Waals surface area contributed by atoms with E-state index >= 15 is 0 Å². The zero-order valence-corrected chi connectivity index (χ0v) is 10.4. The van der Waals surface area contributed by atoms with Gasteiger partial charge in [-0.1, -0.05) is 11.6 Å². The Labute approximate surface area is 115 Å². The molecule has 0 amide bonds. The van der Waals surface area contributed by atoms with E-state index < -0.39 is 51.3 Å². The molecule has 0 heterocycles. The zero-order valence-electron chi connectivity index (χ0n) is 9.60. The van der Waals surface area contributed by atoms with E-state index in [9.17, 15) is 27.1 Å². The van der Waals surface area contributed by atoms with Crippen molar-refractivity contribution in [2.75, 3.05) is 0 Å². The predicted octanol–water partition coefficient (Wildman–Crippen LogP) is 4.12. The smallest absolute Gasteiger partial charge is 0.161 e. The molecule has 0 saturated heterocycles. The second kappa shape index (κ2) is 5.38. The third-order valence-corrected chi connectivity index (χ3v) is 2.96. The van der Waals surface area contributed by atoms with Crippen LogP contribution in [0.5, 0.6) is 0 Å². The molecule has 0 bridgehead atoms. The van der Waals surface area contributed by atoms with Crippen molar-refractivity contribution in [3.8, 4) is 0 Å². The molecule has 0 fully saturated rings. The van der Waals surface area contributed by atoms with Crippen molar-refractivity contribution < 1.29 is 27.1 Å². The van der Waals surface area contributed by atoms with E-state index in [1.165, 1.54) is 0 Å². The van der Waals surface area contributed by atoms with Gasteiger partial charge in [-0.25, -0.2) is 22.0 Å². The lowest BCUT2D eigenvalue weighted by atomic mass is 10.00. The molecule has 106 valence electrons. The van der Waals surface area contributed by atoms with Crippen molar-refractivity contribution >= 4 is 11.6 Å². The summed E-state index contributed by atoms with van der Waals surface area (Å²) < 4.78 is 66.1. The molecule has 2 aromatic rings. The van der Waals surface area contributed by atoms with E-state index in [2.05, 4.69) is 0 Å². The molecule has 0 spiro atoms. The molecule has 0 aliphatic rings. The van der Waals surface area contributed by atoms with E-state index in [-0.39, 0.29) is 6.07 Å². The van der Waals surface area contributed by atoms with E-state index in [1.54, 1.807) is 0 Å². The van der Waals surface area contributed by atoms with Gasteiger partial charge in [-0.15, -0.1) is 0 Å². The normalized spacial score (nSPS) is 12.6. The van der Waals surface area contributed by atoms with Gasteiger partial charge >= 0.3 is 0 Å². The van der Waals surface area contributed by atoms with Gasteiger partial charge in [0.15, 0.2) is 11.6 Å². The average Bonchev–Trinajstić information content (AvgIpc) is 2.37. The first-order chi connectivity index (χ1) is 9.31. The third kappa shape index (κ3) is 2.62. The molecule has 2 aromatic carbocycles. The van der Waals surface area contributed by atoms with Crippen LogP contribution >= 0.6 is 11.6 Å². The van der Waals surface area contributed by atoms with Crippen molar-refractivity contribution in [3.05, 3.63) is 69.5 Å². The van der Waals surface area contributed by atoms with Gasteiger partial charge in [-0.05, 0) is 18.2 Å². The lowest BCUT2D eigenvalue weighted by Gasteiger charge is -2.14. The van der Waals surface area contributed by atoms with Gasteiger partial charge < -0.3 is 5.11 Å². The zero-order chi connectivity index (χ0) is 15.0. The Morgan fingerprint density at radius 2 is 1.15 bits per heavy atom. The van der Waals surface area contributed by atoms with Gasteiger partial charge in [0.1, 0.15) is 23.6 Å². The van der Waals surface area contributed by atoms with Gasteiger partial charge in [-0.3, -0.25) is 0 Å². The summed E-state index contributed by atoms with van der Waals surface area (Å²) >= 11 is 5.33. The van der Waals surface area contributed by atoms with E-state index in [4.69, 9.17) is 11.6 Å². The van der Waals surface area contributed by atoms with E-state index in [0.717, 1.165) is 0 Å². The second-order valence-electron chi connectivity index (χ2n) is 3.98. The Morgan fingerprint density at radius 1 is 0.700 bits per heavy atom. The molecule has 7 heteroatoms. The van der Waals surface area contributed by atoms with Crippen molar-refractivity contribution in [2.45, 2.75) is 6.10 Å². The van der Waals surface area contributed by atoms with Gasteiger partial charge in [0.05, 0.1) is 5.02 Å². The standard InChI is InChI=1S/C13H6ClF5O/c14-7-3-8(15)5(1-10(7)17)13(20)6-2-11(18)12(19)4-9(6)16/h1-4,13,20H. The van der Waals surface area contributed by atoms with Crippen LogP contribution in [-0.4, -0.2) is 5.11 Å². The molecule has 20 heavy (non-hydrogen) atoms. The third-order valence-electron chi connectivity index (χ3n) is 2.67. The van der Waals surface area contributed by atoms with Crippen LogP contribution < -0.4 is 0 Å². The Balaban J connectivity index is 2.54. The minimum absolute atomic E-state index is 0.206. The van der Waals surface area contributed by atoms with Crippen molar-refractivity contribution in [1.82, 2.24) is 0 Å². The Kier molecular flexibility index (Phi) is 3.96. The second-order valence-corrected chi connectivity index (χ2v) is 4.39. The van der Waals surface area contributed by atoms with Crippen molar-refractivity contribution in [2.24, 2.45) is 0 Å². The Hall–Kier alpha value is -1.66. The van der Waals surface area contributed by atoms with Crippen LogP contribution in [0.3, 0.4) is 0 Å². The lowest BCUT2D eigenvalue weighted by molar-refractivity contribution is 0.208. The molecule has 0 aliphatic carbocycles. The van der Waals surface area contributed by atoms with Crippen molar-refractivity contribution in [3.63, 3.8) is 0 Å². The van der Waals surface area contributed by atoms with Gasteiger partial charge in [-0.2, -0.15) is 0 Å². The predicted molar refractivity (Wildman–Crippen MR) is 61.7 cm³/mol. The number of hydrogen-bond donors (Lipinski definition) is 1. The minimum Gasteiger partial charge on any atom is -0.383 e. The number of aliphatic hydroxyl groups is 1. The maximum atomic E-state index is 13.6. The summed E-state index contributed by atoms with van der Waals surface area (Å²) in [7, 11) is 0. The molecule has 2 rings (SSSR count). The number of rotatable bonds is 2. The first kappa shape index (κ1) is 14.7. The molecular weight excluding hydrogens is 303 g/mol. The van der Waals surface area contributed by atoms with E-state index in [1.807, 2.05) is 0 Å². The van der Waals surface area contributed by atoms with Gasteiger partial charge in [0, 0.05) is 17.2 Å². The van der Waals surface area contributed by atoms with Crippen molar-refractivity contribution in [1.29, 1.82) is 0 Å². The maximum absolute atomic E-state index is 13.6. The SMILES string of the molecule is OC(c1cc(F)c(F)cc1F)c1cc(F)c(Cl)cc1F. The van der Waals surface area contributed by atoms with Crippen LogP contribution in [0.15, 0.2) is 24.3 Å². The van der Waals surface area contributed by atoms with E-state index in [0.29, 0.717) is 18.2 Å². The van der Waals surface area contributed by atoms with Gasteiger partial charge in [0.25, 0.3) is 0 Å². The molecule has 1 N–H and O–H groups in total. The van der Waals surface area contributed by atoms with Gasteiger partial charge in [0.2, 0.25) is 0 Å². The summed E-state index contributed by atoms with van der Waals surface area (Å²) in [6.07, 6.45) is -2.00. The molecular formula is C13H6ClF5O. The van der Waals surface area contributed by atoms with Crippen LogP contribution in [0.25, 0.3) is 0 Å². The monoisotopic (exact) mass is 308 g/mol. The van der Waals surface area contributed by atoms with Crippen LogP contribution in [0.2, 0.25) is 5.02 Å². The fourth-order valence-corrected chi connectivity index (χ4v) is 1.81. The summed E-state index contributed by atoms with van der Waals surface area (Å²) in [4.78, 5) is 0. The molecule has 0 aliphatic heterocycles. The van der Waals surface area contributed by atoms with Crippen LogP contribution in [0, 0.1) is 29.1 Å². The molecule has 0 aromatic heterocycles. The molecule has 0 radical (unpaired) electrons. The van der Waals surface area contributed by atoms with Crippen LogP contribution in [-0.2, 0) is 0 Å². The summed E-state index contributed by atoms with van der Waals surface area (Å²) in [5.41, 5.74) is -1.36.